The zero-order chi connectivity index (χ0) is 21.8. The van der Waals surface area contributed by atoms with Crippen LogP contribution in [-0.4, -0.2) is 58.0 Å². The molecule has 0 unspecified atom stereocenters. The van der Waals surface area contributed by atoms with Gasteiger partial charge in [-0.25, -0.2) is 0 Å². The second-order valence-corrected chi connectivity index (χ2v) is 8.89. The Bertz CT molecular complexity index is 956. The highest BCUT2D eigenvalue weighted by molar-refractivity contribution is 7.13. The fourth-order valence-corrected chi connectivity index (χ4v) is 4.70. The molecule has 0 saturated carbocycles. The standard InChI is InChI=1S/C21H26N6O3S/c1-15(28)27-13-21(24-16-5-2-3-6-17(16)27)9-11-26(12-10-21)19(30)8-4-7-18(29)23-20-25-22-14-31-20/h2-3,5-6,14,24H,4,7-13H2,1H3,(H,23,25,29). The molecule has 10 heteroatoms. The predicted octanol–water partition coefficient (Wildman–Crippen LogP) is 2.49. The maximum atomic E-state index is 12.6. The van der Waals surface area contributed by atoms with Gasteiger partial charge in [-0.1, -0.05) is 23.5 Å². The molecule has 2 aliphatic heterocycles. The van der Waals surface area contributed by atoms with Crippen molar-refractivity contribution in [3.63, 3.8) is 0 Å². The first-order valence-electron chi connectivity index (χ1n) is 10.4. The van der Waals surface area contributed by atoms with Gasteiger partial charge < -0.3 is 20.4 Å². The van der Waals surface area contributed by atoms with Gasteiger partial charge in [0.2, 0.25) is 22.9 Å². The van der Waals surface area contributed by atoms with E-state index in [0.717, 1.165) is 24.2 Å². The third-order valence-corrected chi connectivity index (χ3v) is 6.52. The highest BCUT2D eigenvalue weighted by atomic mass is 32.1. The summed E-state index contributed by atoms with van der Waals surface area (Å²) in [4.78, 5) is 40.5. The van der Waals surface area contributed by atoms with Gasteiger partial charge >= 0.3 is 0 Å². The topological polar surface area (TPSA) is 108 Å². The van der Waals surface area contributed by atoms with E-state index in [9.17, 15) is 14.4 Å². The average Bonchev–Trinajstić information content (AvgIpc) is 3.26. The van der Waals surface area contributed by atoms with Crippen LogP contribution in [0.3, 0.4) is 0 Å². The van der Waals surface area contributed by atoms with Crippen LogP contribution in [-0.2, 0) is 14.4 Å². The molecule has 0 aliphatic carbocycles. The lowest BCUT2D eigenvalue weighted by molar-refractivity contribution is -0.133. The monoisotopic (exact) mass is 442 g/mol. The number of fused-ring (bicyclic) bond motifs is 1. The van der Waals surface area contributed by atoms with Crippen LogP contribution in [0.1, 0.15) is 39.0 Å². The molecule has 164 valence electrons. The van der Waals surface area contributed by atoms with E-state index in [0.29, 0.717) is 37.6 Å². The van der Waals surface area contributed by atoms with E-state index in [1.807, 2.05) is 34.1 Å². The van der Waals surface area contributed by atoms with E-state index in [1.165, 1.54) is 11.3 Å². The molecule has 3 amide bonds. The van der Waals surface area contributed by atoms with E-state index in [-0.39, 0.29) is 29.7 Å². The first-order chi connectivity index (χ1) is 15.0. The molecule has 2 N–H and O–H groups in total. The number of carbonyl (C=O) groups is 3. The number of benzene rings is 1. The Kier molecular flexibility index (Phi) is 6.17. The van der Waals surface area contributed by atoms with Crippen LogP contribution in [0.2, 0.25) is 0 Å². The second kappa shape index (κ2) is 9.01. The van der Waals surface area contributed by atoms with Crippen LogP contribution in [0.25, 0.3) is 0 Å². The van der Waals surface area contributed by atoms with Gasteiger partial charge in [-0.15, -0.1) is 10.2 Å². The number of para-hydroxylation sites is 2. The average molecular weight is 443 g/mol. The molecule has 1 spiro atoms. The van der Waals surface area contributed by atoms with E-state index >= 15 is 0 Å². The summed E-state index contributed by atoms with van der Waals surface area (Å²) < 4.78 is 0. The third kappa shape index (κ3) is 4.84. The zero-order valence-corrected chi connectivity index (χ0v) is 18.3. The van der Waals surface area contributed by atoms with Crippen LogP contribution in [0.4, 0.5) is 16.5 Å². The van der Waals surface area contributed by atoms with Gasteiger partial charge in [-0.2, -0.15) is 0 Å². The summed E-state index contributed by atoms with van der Waals surface area (Å²) in [5.74, 6) is -0.0617. The molecular formula is C21H26N6O3S. The number of hydrogen-bond donors (Lipinski definition) is 2. The molecule has 1 aromatic heterocycles. The maximum Gasteiger partial charge on any atom is 0.226 e. The number of nitrogens with one attached hydrogen (secondary N) is 2. The van der Waals surface area contributed by atoms with Crippen molar-refractivity contribution < 1.29 is 14.4 Å². The van der Waals surface area contributed by atoms with E-state index in [2.05, 4.69) is 20.8 Å². The molecule has 4 rings (SSSR count). The highest BCUT2D eigenvalue weighted by Crippen LogP contribution is 2.39. The lowest BCUT2D eigenvalue weighted by Crippen LogP contribution is -2.59. The fraction of sp³-hybridized carbons (Fsp3) is 0.476. The molecule has 0 radical (unpaired) electrons. The number of hydrogen-bond acceptors (Lipinski definition) is 7. The van der Waals surface area contributed by atoms with Crippen LogP contribution in [0.15, 0.2) is 29.8 Å². The minimum atomic E-state index is -0.224. The first kappa shape index (κ1) is 21.2. The summed E-state index contributed by atoms with van der Waals surface area (Å²) in [7, 11) is 0. The van der Waals surface area contributed by atoms with E-state index in [1.54, 1.807) is 12.4 Å². The van der Waals surface area contributed by atoms with Gasteiger partial charge in [-0.05, 0) is 31.4 Å². The number of aromatic nitrogens is 2. The largest absolute Gasteiger partial charge is 0.376 e. The van der Waals surface area contributed by atoms with Crippen LogP contribution < -0.4 is 15.5 Å². The summed E-state index contributed by atoms with van der Waals surface area (Å²) in [6.45, 7) is 3.47. The minimum absolute atomic E-state index is 0.0265. The number of rotatable bonds is 5. The molecule has 0 bridgehead atoms. The summed E-state index contributed by atoms with van der Waals surface area (Å²) >= 11 is 1.26. The van der Waals surface area contributed by atoms with Crippen LogP contribution >= 0.6 is 11.3 Å². The van der Waals surface area contributed by atoms with Gasteiger partial charge in [0.05, 0.1) is 16.9 Å². The summed E-state index contributed by atoms with van der Waals surface area (Å²) in [5, 5.41) is 14.2. The Morgan fingerprint density at radius 1 is 1.19 bits per heavy atom. The van der Waals surface area contributed by atoms with Crippen molar-refractivity contribution in [2.75, 3.05) is 35.2 Å². The van der Waals surface area contributed by atoms with Crippen molar-refractivity contribution in [2.45, 2.75) is 44.6 Å². The molecule has 31 heavy (non-hydrogen) atoms. The summed E-state index contributed by atoms with van der Waals surface area (Å²) in [6, 6.07) is 7.85. The Hall–Kier alpha value is -3.01. The Morgan fingerprint density at radius 2 is 1.97 bits per heavy atom. The van der Waals surface area contributed by atoms with Gasteiger partial charge in [0.15, 0.2) is 0 Å². The first-order valence-corrected chi connectivity index (χ1v) is 11.3. The molecule has 9 nitrogen and oxygen atoms in total. The van der Waals surface area contributed by atoms with E-state index < -0.39 is 0 Å². The number of anilines is 3. The number of piperidine rings is 1. The number of nitrogens with zero attached hydrogens (tertiary/aromatic N) is 4. The smallest absolute Gasteiger partial charge is 0.226 e. The molecule has 1 aromatic carbocycles. The second-order valence-electron chi connectivity index (χ2n) is 8.05. The SMILES string of the molecule is CC(=O)N1CC2(CCN(C(=O)CCCC(=O)Nc3nncs3)CC2)Nc2ccccc21. The number of amides is 3. The summed E-state index contributed by atoms with van der Waals surface area (Å²) in [6.07, 6.45) is 2.65. The minimum Gasteiger partial charge on any atom is -0.376 e. The molecule has 0 atom stereocenters. The molecular weight excluding hydrogens is 416 g/mol. The normalized spacial score (nSPS) is 17.1. The maximum absolute atomic E-state index is 12.6. The Morgan fingerprint density at radius 3 is 2.68 bits per heavy atom. The van der Waals surface area contributed by atoms with Crippen molar-refractivity contribution in [1.82, 2.24) is 15.1 Å². The highest BCUT2D eigenvalue weighted by Gasteiger charge is 2.41. The molecule has 1 saturated heterocycles. The number of likely N-dealkylation sites (tertiary alicyclic amines) is 1. The fourth-order valence-electron chi connectivity index (χ4n) is 4.24. The lowest BCUT2D eigenvalue weighted by atomic mass is 9.84. The van der Waals surface area contributed by atoms with Gasteiger partial charge in [0, 0.05) is 39.4 Å². The van der Waals surface area contributed by atoms with Crippen molar-refractivity contribution in [3.05, 3.63) is 29.8 Å². The quantitative estimate of drug-likeness (QED) is 0.737. The molecule has 2 aliphatic rings. The van der Waals surface area contributed by atoms with Crippen molar-refractivity contribution in [2.24, 2.45) is 0 Å². The van der Waals surface area contributed by atoms with Crippen molar-refractivity contribution in [1.29, 1.82) is 0 Å². The van der Waals surface area contributed by atoms with Gasteiger partial charge in [0.1, 0.15) is 5.51 Å². The molecule has 2 aromatic rings. The zero-order valence-electron chi connectivity index (χ0n) is 17.5. The Balaban J connectivity index is 1.28. The van der Waals surface area contributed by atoms with E-state index in [4.69, 9.17) is 0 Å². The molecule has 1 fully saturated rings. The Labute approximate surface area is 184 Å². The van der Waals surface area contributed by atoms with Crippen molar-refractivity contribution >= 4 is 45.6 Å². The number of carbonyl (C=O) groups excluding carboxylic acids is 3. The molecule has 3 heterocycles. The van der Waals surface area contributed by atoms with Crippen molar-refractivity contribution in [3.8, 4) is 0 Å². The third-order valence-electron chi connectivity index (χ3n) is 5.91. The predicted molar refractivity (Wildman–Crippen MR) is 119 cm³/mol. The lowest BCUT2D eigenvalue weighted by Gasteiger charge is -2.49. The summed E-state index contributed by atoms with van der Waals surface area (Å²) in [5.41, 5.74) is 3.20. The van der Waals surface area contributed by atoms with Gasteiger partial charge in [0.25, 0.3) is 0 Å². The van der Waals surface area contributed by atoms with Crippen LogP contribution in [0, 0.1) is 0 Å². The van der Waals surface area contributed by atoms with Gasteiger partial charge in [-0.3, -0.25) is 14.4 Å². The van der Waals surface area contributed by atoms with Crippen LogP contribution in [0.5, 0.6) is 0 Å².